The molecular formula is C12H16O2Si. The molecule has 1 aromatic rings. The van der Waals surface area contributed by atoms with Crippen molar-refractivity contribution in [3.8, 4) is 5.75 Å². The molecule has 0 atom stereocenters. The van der Waals surface area contributed by atoms with Gasteiger partial charge in [0.25, 0.3) is 0 Å². The highest BCUT2D eigenvalue weighted by Gasteiger charge is 2.15. The average Bonchev–Trinajstić information content (AvgIpc) is 2.17. The second-order valence-electron chi connectivity index (χ2n) is 4.40. The van der Waals surface area contributed by atoms with Crippen LogP contribution in [0.15, 0.2) is 36.9 Å². The fourth-order valence-corrected chi connectivity index (χ4v) is 2.35. The molecule has 0 aliphatic carbocycles. The van der Waals surface area contributed by atoms with Gasteiger partial charge < -0.3 is 4.74 Å². The maximum atomic E-state index is 10.9. The Hall–Kier alpha value is -1.35. The van der Waals surface area contributed by atoms with Gasteiger partial charge in [0.05, 0.1) is 8.07 Å². The summed E-state index contributed by atoms with van der Waals surface area (Å²) >= 11 is 0. The zero-order valence-corrected chi connectivity index (χ0v) is 10.4. The largest absolute Gasteiger partial charge is 0.423 e. The van der Waals surface area contributed by atoms with E-state index >= 15 is 0 Å². The van der Waals surface area contributed by atoms with E-state index in [0.717, 1.165) is 6.08 Å². The van der Waals surface area contributed by atoms with Crippen LogP contribution in [0.3, 0.4) is 0 Å². The third-order valence-corrected chi connectivity index (χ3v) is 4.17. The molecule has 0 aliphatic heterocycles. The van der Waals surface area contributed by atoms with Gasteiger partial charge in [0, 0.05) is 6.08 Å². The fourth-order valence-electron chi connectivity index (χ4n) is 1.18. The van der Waals surface area contributed by atoms with Crippen molar-refractivity contribution in [2.45, 2.75) is 19.6 Å². The molecule has 0 aliphatic rings. The Morgan fingerprint density at radius 3 is 2.20 bits per heavy atom. The molecule has 3 heteroatoms. The van der Waals surface area contributed by atoms with Crippen molar-refractivity contribution in [2.75, 3.05) is 0 Å². The van der Waals surface area contributed by atoms with Crippen LogP contribution in [0.25, 0.3) is 0 Å². The van der Waals surface area contributed by atoms with Gasteiger partial charge in [-0.3, -0.25) is 0 Å². The van der Waals surface area contributed by atoms with E-state index in [1.807, 2.05) is 24.3 Å². The number of carbonyl (C=O) groups excluding carboxylic acids is 1. The number of hydrogen-bond acceptors (Lipinski definition) is 2. The first-order chi connectivity index (χ1) is 6.93. The summed E-state index contributed by atoms with van der Waals surface area (Å²) in [5.74, 6) is 0.151. The lowest BCUT2D eigenvalue weighted by molar-refractivity contribution is -0.128. The van der Waals surface area contributed by atoms with Crippen molar-refractivity contribution in [3.63, 3.8) is 0 Å². The van der Waals surface area contributed by atoms with Crippen molar-refractivity contribution in [1.29, 1.82) is 0 Å². The third kappa shape index (κ3) is 3.36. The predicted octanol–water partition coefficient (Wildman–Crippen LogP) is 2.32. The Morgan fingerprint density at radius 2 is 1.80 bits per heavy atom. The van der Waals surface area contributed by atoms with E-state index in [-0.39, 0.29) is 0 Å². The number of ether oxygens (including phenoxy) is 1. The van der Waals surface area contributed by atoms with Gasteiger partial charge in [-0.25, -0.2) is 4.79 Å². The van der Waals surface area contributed by atoms with E-state index in [9.17, 15) is 4.79 Å². The normalized spacial score (nSPS) is 10.9. The van der Waals surface area contributed by atoms with Crippen LogP contribution in [0.1, 0.15) is 0 Å². The van der Waals surface area contributed by atoms with E-state index in [2.05, 4.69) is 26.2 Å². The number of esters is 1. The van der Waals surface area contributed by atoms with Gasteiger partial charge in [-0.15, -0.1) is 0 Å². The molecule has 0 aromatic heterocycles. The van der Waals surface area contributed by atoms with Crippen LogP contribution in [-0.4, -0.2) is 14.0 Å². The van der Waals surface area contributed by atoms with E-state index in [1.54, 1.807) is 0 Å². The Kier molecular flexibility index (Phi) is 3.47. The molecule has 0 spiro atoms. The van der Waals surface area contributed by atoms with Crippen molar-refractivity contribution < 1.29 is 9.53 Å². The lowest BCUT2D eigenvalue weighted by atomic mass is 10.3. The summed E-state index contributed by atoms with van der Waals surface area (Å²) < 4.78 is 4.99. The highest BCUT2D eigenvalue weighted by atomic mass is 28.3. The maximum absolute atomic E-state index is 10.9. The first-order valence-corrected chi connectivity index (χ1v) is 8.38. The molecule has 1 aromatic carbocycles. The topological polar surface area (TPSA) is 26.3 Å². The molecule has 2 nitrogen and oxygen atoms in total. The number of benzene rings is 1. The number of rotatable bonds is 3. The molecule has 0 bridgehead atoms. The third-order valence-electron chi connectivity index (χ3n) is 2.11. The van der Waals surface area contributed by atoms with Crippen LogP contribution in [0.5, 0.6) is 5.75 Å². The van der Waals surface area contributed by atoms with Crippen LogP contribution >= 0.6 is 0 Å². The average molecular weight is 220 g/mol. The van der Waals surface area contributed by atoms with Gasteiger partial charge in [-0.05, 0) is 12.1 Å². The minimum atomic E-state index is -1.27. The molecule has 15 heavy (non-hydrogen) atoms. The summed E-state index contributed by atoms with van der Waals surface area (Å²) in [6.07, 6.45) is 1.16. The molecular weight excluding hydrogens is 204 g/mol. The molecule has 0 saturated heterocycles. The standard InChI is InChI=1S/C12H16O2Si/c1-5-12(13)14-10-6-8-11(9-7-10)15(2,3)4/h5-9H,1H2,2-4H3. The van der Waals surface area contributed by atoms with Crippen LogP contribution in [0.2, 0.25) is 19.6 Å². The number of hydrogen-bond donors (Lipinski definition) is 0. The lowest BCUT2D eigenvalue weighted by Gasteiger charge is -2.16. The summed E-state index contributed by atoms with van der Waals surface area (Å²) in [6.45, 7) is 10.2. The minimum Gasteiger partial charge on any atom is -0.423 e. The van der Waals surface area contributed by atoms with E-state index in [1.165, 1.54) is 5.19 Å². The summed E-state index contributed by atoms with van der Waals surface area (Å²) in [5.41, 5.74) is 0. The molecule has 0 radical (unpaired) electrons. The van der Waals surface area contributed by atoms with Gasteiger partial charge in [-0.2, -0.15) is 0 Å². The summed E-state index contributed by atoms with van der Waals surface area (Å²) in [7, 11) is -1.27. The smallest absolute Gasteiger partial charge is 0.335 e. The van der Waals surface area contributed by atoms with Crippen molar-refractivity contribution >= 4 is 19.2 Å². The Balaban J connectivity index is 2.81. The van der Waals surface area contributed by atoms with Gasteiger partial charge in [0.2, 0.25) is 0 Å². The Bertz CT molecular complexity index is 360. The summed E-state index contributed by atoms with van der Waals surface area (Å²) in [6, 6.07) is 7.71. The van der Waals surface area contributed by atoms with E-state index in [0.29, 0.717) is 5.75 Å². The first-order valence-electron chi connectivity index (χ1n) is 4.88. The highest BCUT2D eigenvalue weighted by Crippen LogP contribution is 2.11. The van der Waals surface area contributed by atoms with Gasteiger partial charge in [-0.1, -0.05) is 43.5 Å². The fraction of sp³-hybridized carbons (Fsp3) is 0.250. The van der Waals surface area contributed by atoms with Crippen LogP contribution < -0.4 is 9.92 Å². The zero-order valence-electron chi connectivity index (χ0n) is 9.41. The van der Waals surface area contributed by atoms with E-state index in [4.69, 9.17) is 4.74 Å². The van der Waals surface area contributed by atoms with Gasteiger partial charge in [0.15, 0.2) is 0 Å². The molecule has 0 heterocycles. The van der Waals surface area contributed by atoms with Crippen molar-refractivity contribution in [3.05, 3.63) is 36.9 Å². The Labute approximate surface area is 91.6 Å². The second-order valence-corrected chi connectivity index (χ2v) is 9.48. The first kappa shape index (κ1) is 11.7. The second kappa shape index (κ2) is 4.44. The quantitative estimate of drug-likeness (QED) is 0.338. The van der Waals surface area contributed by atoms with Gasteiger partial charge in [0.1, 0.15) is 5.75 Å². The number of carbonyl (C=O) groups is 1. The summed E-state index contributed by atoms with van der Waals surface area (Å²) in [4.78, 5) is 10.9. The lowest BCUT2D eigenvalue weighted by Crippen LogP contribution is -2.37. The van der Waals surface area contributed by atoms with Crippen molar-refractivity contribution in [2.24, 2.45) is 0 Å². The summed E-state index contributed by atoms with van der Waals surface area (Å²) in [5, 5.41) is 1.35. The molecule has 0 unspecified atom stereocenters. The molecule has 0 saturated carbocycles. The SMILES string of the molecule is C=CC(=O)Oc1ccc([Si](C)(C)C)cc1. The molecule has 1 rings (SSSR count). The zero-order chi connectivity index (χ0) is 11.5. The van der Waals surface area contributed by atoms with Crippen LogP contribution in [0, 0.1) is 0 Å². The predicted molar refractivity (Wildman–Crippen MR) is 65.3 cm³/mol. The molecule has 0 amide bonds. The molecule has 0 fully saturated rings. The molecule has 0 N–H and O–H groups in total. The van der Waals surface area contributed by atoms with Crippen LogP contribution in [0.4, 0.5) is 0 Å². The highest BCUT2D eigenvalue weighted by molar-refractivity contribution is 6.88. The molecule has 80 valence electrons. The van der Waals surface area contributed by atoms with Gasteiger partial charge >= 0.3 is 5.97 Å². The minimum absolute atomic E-state index is 0.421. The monoisotopic (exact) mass is 220 g/mol. The van der Waals surface area contributed by atoms with Crippen molar-refractivity contribution in [1.82, 2.24) is 0 Å². The van der Waals surface area contributed by atoms with Crippen LogP contribution in [-0.2, 0) is 4.79 Å². The van der Waals surface area contributed by atoms with E-state index < -0.39 is 14.0 Å². The maximum Gasteiger partial charge on any atom is 0.335 e. The Morgan fingerprint density at radius 1 is 1.27 bits per heavy atom.